The Bertz CT molecular complexity index is 852. The molecule has 1 N–H and O–H groups in total. The Morgan fingerprint density at radius 3 is 2.65 bits per heavy atom. The molecule has 6 heteroatoms. The van der Waals surface area contributed by atoms with Crippen LogP contribution in [0.5, 0.6) is 0 Å². The van der Waals surface area contributed by atoms with Crippen LogP contribution < -0.4 is 5.32 Å². The van der Waals surface area contributed by atoms with Crippen LogP contribution in [-0.4, -0.2) is 22.8 Å². The number of hydrogen-bond donors (Lipinski definition) is 1. The highest BCUT2D eigenvalue weighted by Gasteiger charge is 2.36. The molecule has 136 valence electrons. The Morgan fingerprint density at radius 2 is 1.96 bits per heavy atom. The van der Waals surface area contributed by atoms with Gasteiger partial charge >= 0.3 is 0 Å². The van der Waals surface area contributed by atoms with Gasteiger partial charge in [-0.25, -0.2) is 0 Å². The monoisotopic (exact) mass is 434 g/mol. The largest absolute Gasteiger partial charge is 0.326 e. The first-order valence-corrected chi connectivity index (χ1v) is 9.64. The van der Waals surface area contributed by atoms with Gasteiger partial charge in [0.15, 0.2) is 0 Å². The third-order valence-corrected chi connectivity index (χ3v) is 5.67. The molecule has 2 amide bonds. The van der Waals surface area contributed by atoms with Crippen LogP contribution in [0.2, 0.25) is 5.02 Å². The highest BCUT2D eigenvalue weighted by Crippen LogP contribution is 2.30. The second kappa shape index (κ2) is 7.80. The van der Waals surface area contributed by atoms with E-state index in [0.29, 0.717) is 30.1 Å². The standard InChI is InChI=1S/C20H20BrClN2O2/c1-12-3-5-14(6-4-12)11-24-18(7-8-19(24)25)20(26)23-17-10-16(22)13(2)9-15(17)21/h3-6,9-10,18H,7-8,11H2,1-2H3,(H,23,26). The minimum absolute atomic E-state index is 0.00623. The Morgan fingerprint density at radius 1 is 1.27 bits per heavy atom. The van der Waals surface area contributed by atoms with Crippen LogP contribution in [0.25, 0.3) is 0 Å². The number of likely N-dealkylation sites (tertiary alicyclic amines) is 1. The molecule has 1 aliphatic rings. The SMILES string of the molecule is Cc1ccc(CN2C(=O)CCC2C(=O)Nc2cc(Cl)c(C)cc2Br)cc1. The zero-order valence-electron chi connectivity index (χ0n) is 14.7. The topological polar surface area (TPSA) is 49.4 Å². The van der Waals surface area contributed by atoms with Crippen LogP contribution in [-0.2, 0) is 16.1 Å². The summed E-state index contributed by atoms with van der Waals surface area (Å²) in [6.07, 6.45) is 0.910. The fraction of sp³-hybridized carbons (Fsp3) is 0.300. The van der Waals surface area contributed by atoms with E-state index in [-0.39, 0.29) is 11.8 Å². The van der Waals surface area contributed by atoms with E-state index in [2.05, 4.69) is 21.2 Å². The first-order chi connectivity index (χ1) is 12.3. The van der Waals surface area contributed by atoms with Gasteiger partial charge in [-0.1, -0.05) is 41.4 Å². The summed E-state index contributed by atoms with van der Waals surface area (Å²) in [5, 5.41) is 3.49. The molecule has 26 heavy (non-hydrogen) atoms. The number of halogens is 2. The minimum atomic E-state index is -0.476. The molecule has 1 unspecified atom stereocenters. The molecule has 2 aromatic carbocycles. The Kier molecular flexibility index (Phi) is 5.68. The van der Waals surface area contributed by atoms with Gasteiger partial charge < -0.3 is 10.2 Å². The molecule has 0 saturated carbocycles. The highest BCUT2D eigenvalue weighted by atomic mass is 79.9. The maximum Gasteiger partial charge on any atom is 0.247 e. The number of hydrogen-bond acceptors (Lipinski definition) is 2. The summed E-state index contributed by atoms with van der Waals surface area (Å²) in [7, 11) is 0. The molecule has 4 nitrogen and oxygen atoms in total. The van der Waals surface area contributed by atoms with Gasteiger partial charge in [-0.05, 0) is 59.5 Å². The zero-order chi connectivity index (χ0) is 18.8. The van der Waals surface area contributed by atoms with Crippen molar-refractivity contribution in [3.05, 3.63) is 62.6 Å². The lowest BCUT2D eigenvalue weighted by molar-refractivity contribution is -0.133. The van der Waals surface area contributed by atoms with Crippen molar-refractivity contribution in [1.29, 1.82) is 0 Å². The van der Waals surface area contributed by atoms with E-state index in [1.165, 1.54) is 0 Å². The number of nitrogens with zero attached hydrogens (tertiary/aromatic N) is 1. The Hall–Kier alpha value is -1.85. The predicted octanol–water partition coefficient (Wildman–Crippen LogP) is 4.85. The van der Waals surface area contributed by atoms with E-state index in [0.717, 1.165) is 21.2 Å². The van der Waals surface area contributed by atoms with Crippen LogP contribution in [0.15, 0.2) is 40.9 Å². The minimum Gasteiger partial charge on any atom is -0.326 e. The van der Waals surface area contributed by atoms with Gasteiger partial charge in [-0.3, -0.25) is 9.59 Å². The molecule has 0 aromatic heterocycles. The van der Waals surface area contributed by atoms with Crippen molar-refractivity contribution in [3.63, 3.8) is 0 Å². The molecule has 0 radical (unpaired) electrons. The quantitative estimate of drug-likeness (QED) is 0.746. The third kappa shape index (κ3) is 4.10. The number of anilines is 1. The third-order valence-electron chi connectivity index (χ3n) is 4.61. The lowest BCUT2D eigenvalue weighted by atomic mass is 10.1. The molecule has 1 atom stereocenters. The van der Waals surface area contributed by atoms with Crippen LogP contribution in [0, 0.1) is 13.8 Å². The number of amides is 2. The van der Waals surface area contributed by atoms with Crippen molar-refractivity contribution in [2.45, 2.75) is 39.3 Å². The van der Waals surface area contributed by atoms with Gasteiger partial charge in [-0.15, -0.1) is 0 Å². The smallest absolute Gasteiger partial charge is 0.247 e. The summed E-state index contributed by atoms with van der Waals surface area (Å²) < 4.78 is 0.766. The summed E-state index contributed by atoms with van der Waals surface area (Å²) in [6.45, 7) is 4.36. The number of nitrogens with one attached hydrogen (secondary N) is 1. The van der Waals surface area contributed by atoms with Crippen molar-refractivity contribution < 1.29 is 9.59 Å². The van der Waals surface area contributed by atoms with E-state index >= 15 is 0 Å². The van der Waals surface area contributed by atoms with E-state index < -0.39 is 6.04 Å². The molecule has 1 heterocycles. The second-order valence-corrected chi connectivity index (χ2v) is 7.89. The van der Waals surface area contributed by atoms with Gasteiger partial charge in [-0.2, -0.15) is 0 Å². The van der Waals surface area contributed by atoms with E-state index in [4.69, 9.17) is 11.6 Å². The number of carbonyl (C=O) groups is 2. The number of rotatable bonds is 4. The van der Waals surface area contributed by atoms with E-state index in [1.807, 2.05) is 44.2 Å². The van der Waals surface area contributed by atoms with Gasteiger partial charge in [0.05, 0.1) is 5.69 Å². The average Bonchev–Trinajstić information content (AvgIpc) is 2.95. The Labute approximate surface area is 166 Å². The summed E-state index contributed by atoms with van der Waals surface area (Å²) in [5.74, 6) is -0.185. The lowest BCUT2D eigenvalue weighted by Gasteiger charge is -2.24. The summed E-state index contributed by atoms with van der Waals surface area (Å²) >= 11 is 9.62. The molecule has 3 rings (SSSR count). The van der Waals surface area contributed by atoms with Crippen LogP contribution in [0.4, 0.5) is 5.69 Å². The highest BCUT2D eigenvalue weighted by molar-refractivity contribution is 9.10. The molecule has 0 bridgehead atoms. The maximum atomic E-state index is 12.8. The molecule has 1 saturated heterocycles. The van der Waals surface area contributed by atoms with Gasteiger partial charge in [0.25, 0.3) is 0 Å². The van der Waals surface area contributed by atoms with Crippen LogP contribution in [0.1, 0.15) is 29.5 Å². The van der Waals surface area contributed by atoms with Crippen LogP contribution in [0.3, 0.4) is 0 Å². The molecule has 2 aromatic rings. The first-order valence-electron chi connectivity index (χ1n) is 8.46. The number of benzene rings is 2. The number of aryl methyl sites for hydroxylation is 2. The van der Waals surface area contributed by atoms with Gasteiger partial charge in [0.2, 0.25) is 11.8 Å². The second-order valence-electron chi connectivity index (χ2n) is 6.63. The number of carbonyl (C=O) groups excluding carboxylic acids is 2. The zero-order valence-corrected chi connectivity index (χ0v) is 17.0. The molecular weight excluding hydrogens is 416 g/mol. The summed E-state index contributed by atoms with van der Waals surface area (Å²) in [4.78, 5) is 26.7. The fourth-order valence-electron chi connectivity index (χ4n) is 3.05. The van der Waals surface area contributed by atoms with E-state index in [1.54, 1.807) is 11.0 Å². The average molecular weight is 436 g/mol. The molecule has 1 aliphatic heterocycles. The first kappa shape index (κ1) is 18.9. The van der Waals surface area contributed by atoms with Gasteiger partial charge in [0, 0.05) is 22.5 Å². The normalized spacial score (nSPS) is 16.8. The van der Waals surface area contributed by atoms with Crippen molar-refractivity contribution in [3.8, 4) is 0 Å². The predicted molar refractivity (Wildman–Crippen MR) is 107 cm³/mol. The fourth-order valence-corrected chi connectivity index (χ4v) is 3.77. The van der Waals surface area contributed by atoms with Crippen molar-refractivity contribution in [2.75, 3.05) is 5.32 Å². The van der Waals surface area contributed by atoms with Gasteiger partial charge in [0.1, 0.15) is 6.04 Å². The van der Waals surface area contributed by atoms with Crippen molar-refractivity contribution in [2.24, 2.45) is 0 Å². The van der Waals surface area contributed by atoms with Crippen LogP contribution >= 0.6 is 27.5 Å². The molecule has 1 fully saturated rings. The Balaban J connectivity index is 1.76. The van der Waals surface area contributed by atoms with E-state index in [9.17, 15) is 9.59 Å². The molecule has 0 aliphatic carbocycles. The lowest BCUT2D eigenvalue weighted by Crippen LogP contribution is -2.41. The van der Waals surface area contributed by atoms with Crippen molar-refractivity contribution in [1.82, 2.24) is 4.90 Å². The van der Waals surface area contributed by atoms with Crippen molar-refractivity contribution >= 4 is 45.0 Å². The maximum absolute atomic E-state index is 12.8. The molecular formula is C20H20BrClN2O2. The molecule has 0 spiro atoms. The summed E-state index contributed by atoms with van der Waals surface area (Å²) in [6, 6.07) is 11.1. The summed E-state index contributed by atoms with van der Waals surface area (Å²) in [5.41, 5.74) is 3.72.